The summed E-state index contributed by atoms with van der Waals surface area (Å²) in [6, 6.07) is 3.99. The molecule has 4 nitrogen and oxygen atoms in total. The van der Waals surface area contributed by atoms with Gasteiger partial charge in [-0.2, -0.15) is 0 Å². The minimum absolute atomic E-state index is 0.158. The average Bonchev–Trinajstić information content (AvgIpc) is 2.46. The fourth-order valence-corrected chi connectivity index (χ4v) is 2.81. The van der Waals surface area contributed by atoms with E-state index in [9.17, 15) is 0 Å². The molecule has 2 rings (SSSR count). The number of aryl methyl sites for hydroxylation is 1. The predicted molar refractivity (Wildman–Crippen MR) is 74.9 cm³/mol. The van der Waals surface area contributed by atoms with E-state index in [-0.39, 0.29) is 18.2 Å². The van der Waals surface area contributed by atoms with Crippen molar-refractivity contribution in [1.29, 1.82) is 0 Å². The summed E-state index contributed by atoms with van der Waals surface area (Å²) in [5.41, 5.74) is 8.84. The van der Waals surface area contributed by atoms with Crippen LogP contribution in [0.25, 0.3) is 0 Å². The third-order valence-electron chi connectivity index (χ3n) is 3.68. The Bertz CT molecular complexity index is 391. The Balaban J connectivity index is 2.16. The van der Waals surface area contributed by atoms with Crippen LogP contribution in [0.4, 0.5) is 0 Å². The molecular formula is C15H24N2O2. The Kier molecular flexibility index (Phi) is 5.31. The number of aromatic nitrogens is 1. The molecule has 2 unspecified atom stereocenters. The predicted octanol–water partition coefficient (Wildman–Crippen LogP) is 2.23. The van der Waals surface area contributed by atoms with Crippen LogP contribution in [0, 0.1) is 0 Å². The van der Waals surface area contributed by atoms with Gasteiger partial charge in [0.15, 0.2) is 6.29 Å². The van der Waals surface area contributed by atoms with Crippen LogP contribution in [0.3, 0.4) is 0 Å². The van der Waals surface area contributed by atoms with Crippen LogP contribution in [0.1, 0.15) is 43.9 Å². The van der Waals surface area contributed by atoms with E-state index in [4.69, 9.17) is 15.2 Å². The summed E-state index contributed by atoms with van der Waals surface area (Å²) < 4.78 is 11.3. The van der Waals surface area contributed by atoms with Crippen molar-refractivity contribution in [3.05, 3.63) is 29.6 Å². The van der Waals surface area contributed by atoms with E-state index in [0.29, 0.717) is 13.2 Å². The molecule has 2 atom stereocenters. The molecule has 0 radical (unpaired) electrons. The minimum Gasteiger partial charge on any atom is -0.351 e. The summed E-state index contributed by atoms with van der Waals surface area (Å²) in [6.07, 6.45) is 4.82. The first-order chi connectivity index (χ1) is 9.27. The highest BCUT2D eigenvalue weighted by molar-refractivity contribution is 5.27. The summed E-state index contributed by atoms with van der Waals surface area (Å²) in [6.45, 7) is 5.15. The molecule has 0 bridgehead atoms. The lowest BCUT2D eigenvalue weighted by atomic mass is 9.82. The van der Waals surface area contributed by atoms with Gasteiger partial charge in [-0.3, -0.25) is 4.98 Å². The van der Waals surface area contributed by atoms with Gasteiger partial charge in [-0.25, -0.2) is 0 Å². The summed E-state index contributed by atoms with van der Waals surface area (Å²) >= 11 is 0. The van der Waals surface area contributed by atoms with Crippen molar-refractivity contribution >= 4 is 0 Å². The second kappa shape index (κ2) is 6.98. The monoisotopic (exact) mass is 264 g/mol. The van der Waals surface area contributed by atoms with E-state index in [2.05, 4.69) is 11.1 Å². The molecule has 1 aliphatic carbocycles. The van der Waals surface area contributed by atoms with Crippen molar-refractivity contribution in [2.24, 2.45) is 5.73 Å². The first-order valence-corrected chi connectivity index (χ1v) is 7.20. The lowest BCUT2D eigenvalue weighted by Crippen LogP contribution is -2.44. The molecule has 19 heavy (non-hydrogen) atoms. The second-order valence-corrected chi connectivity index (χ2v) is 4.90. The Hall–Kier alpha value is -0.970. The molecule has 0 fully saturated rings. The molecule has 0 amide bonds. The van der Waals surface area contributed by atoms with Gasteiger partial charge in [0.05, 0.1) is 6.04 Å². The van der Waals surface area contributed by atoms with Gasteiger partial charge in [-0.1, -0.05) is 6.07 Å². The number of hydrogen-bond acceptors (Lipinski definition) is 4. The number of ether oxygens (including phenoxy) is 2. The third-order valence-corrected chi connectivity index (χ3v) is 3.68. The SMILES string of the molecule is CCOC(OCC)C(N)C1CCCc2cccnc21. The topological polar surface area (TPSA) is 57.4 Å². The van der Waals surface area contributed by atoms with Crippen molar-refractivity contribution in [2.45, 2.75) is 51.4 Å². The number of fused-ring (bicyclic) bond motifs is 1. The summed E-state index contributed by atoms with van der Waals surface area (Å²) in [4.78, 5) is 4.53. The number of hydrogen-bond donors (Lipinski definition) is 1. The van der Waals surface area contributed by atoms with Crippen LogP contribution in [0.15, 0.2) is 18.3 Å². The van der Waals surface area contributed by atoms with Gasteiger partial charge in [0.1, 0.15) is 0 Å². The average molecular weight is 264 g/mol. The van der Waals surface area contributed by atoms with Crippen LogP contribution in [-0.2, 0) is 15.9 Å². The summed E-state index contributed by atoms with van der Waals surface area (Å²) in [5.74, 6) is 0.230. The molecule has 1 aromatic rings. The summed E-state index contributed by atoms with van der Waals surface area (Å²) in [7, 11) is 0. The molecule has 106 valence electrons. The Morgan fingerprint density at radius 2 is 2.11 bits per heavy atom. The maximum Gasteiger partial charge on any atom is 0.173 e. The van der Waals surface area contributed by atoms with E-state index >= 15 is 0 Å². The smallest absolute Gasteiger partial charge is 0.173 e. The largest absolute Gasteiger partial charge is 0.351 e. The third kappa shape index (κ3) is 3.32. The molecule has 0 aliphatic heterocycles. The molecule has 2 N–H and O–H groups in total. The van der Waals surface area contributed by atoms with E-state index in [1.807, 2.05) is 26.1 Å². The normalized spacial score (nSPS) is 20.3. The van der Waals surface area contributed by atoms with Crippen LogP contribution in [-0.4, -0.2) is 30.5 Å². The van der Waals surface area contributed by atoms with Crippen LogP contribution in [0.2, 0.25) is 0 Å². The fraction of sp³-hybridized carbons (Fsp3) is 0.667. The maximum absolute atomic E-state index is 6.39. The van der Waals surface area contributed by atoms with Crippen molar-refractivity contribution in [3.8, 4) is 0 Å². The zero-order chi connectivity index (χ0) is 13.7. The highest BCUT2D eigenvalue weighted by Gasteiger charge is 2.32. The molecule has 0 spiro atoms. The van der Waals surface area contributed by atoms with Gasteiger partial charge < -0.3 is 15.2 Å². The van der Waals surface area contributed by atoms with Crippen molar-refractivity contribution in [3.63, 3.8) is 0 Å². The Morgan fingerprint density at radius 3 is 2.79 bits per heavy atom. The number of nitrogens with two attached hydrogens (primary N) is 1. The van der Waals surface area contributed by atoms with E-state index in [1.54, 1.807) is 0 Å². The lowest BCUT2D eigenvalue weighted by Gasteiger charge is -2.33. The fourth-order valence-electron chi connectivity index (χ4n) is 2.81. The zero-order valence-electron chi connectivity index (χ0n) is 11.8. The van der Waals surface area contributed by atoms with E-state index in [1.165, 1.54) is 5.56 Å². The standard InChI is InChI=1S/C15H24N2O2/c1-3-18-15(19-4-2)13(16)12-9-5-7-11-8-6-10-17-14(11)12/h6,8,10,12-13,15H,3-5,7,9,16H2,1-2H3. The molecule has 1 aliphatic rings. The minimum atomic E-state index is -0.340. The number of rotatable bonds is 6. The second-order valence-electron chi connectivity index (χ2n) is 4.90. The lowest BCUT2D eigenvalue weighted by molar-refractivity contribution is -0.152. The van der Waals surface area contributed by atoms with Crippen LogP contribution in [0.5, 0.6) is 0 Å². The first-order valence-electron chi connectivity index (χ1n) is 7.20. The molecule has 4 heteroatoms. The van der Waals surface area contributed by atoms with E-state index < -0.39 is 0 Å². The quantitative estimate of drug-likeness (QED) is 0.800. The highest BCUT2D eigenvalue weighted by Crippen LogP contribution is 2.33. The van der Waals surface area contributed by atoms with E-state index in [0.717, 1.165) is 25.0 Å². The van der Waals surface area contributed by atoms with Gasteiger partial charge in [-0.15, -0.1) is 0 Å². The molecule has 0 saturated heterocycles. The first kappa shape index (κ1) is 14.4. The molecule has 1 heterocycles. The van der Waals surface area contributed by atoms with Gasteiger partial charge in [-0.05, 0) is 44.7 Å². The molecule has 0 saturated carbocycles. The summed E-state index contributed by atoms with van der Waals surface area (Å²) in [5, 5.41) is 0. The number of pyridine rings is 1. The number of nitrogens with zero attached hydrogens (tertiary/aromatic N) is 1. The van der Waals surface area contributed by atoms with Gasteiger partial charge in [0, 0.05) is 31.0 Å². The van der Waals surface area contributed by atoms with Crippen molar-refractivity contribution < 1.29 is 9.47 Å². The van der Waals surface area contributed by atoms with Gasteiger partial charge >= 0.3 is 0 Å². The zero-order valence-corrected chi connectivity index (χ0v) is 11.8. The van der Waals surface area contributed by atoms with Crippen LogP contribution >= 0.6 is 0 Å². The molecule has 0 aromatic carbocycles. The highest BCUT2D eigenvalue weighted by atomic mass is 16.7. The van der Waals surface area contributed by atoms with Gasteiger partial charge in [0.25, 0.3) is 0 Å². The van der Waals surface area contributed by atoms with Gasteiger partial charge in [0.2, 0.25) is 0 Å². The Labute approximate surface area is 115 Å². The molecule has 1 aromatic heterocycles. The molecular weight excluding hydrogens is 240 g/mol. The van der Waals surface area contributed by atoms with Crippen molar-refractivity contribution in [1.82, 2.24) is 4.98 Å². The van der Waals surface area contributed by atoms with Crippen molar-refractivity contribution in [2.75, 3.05) is 13.2 Å². The Morgan fingerprint density at radius 1 is 1.37 bits per heavy atom. The van der Waals surface area contributed by atoms with Crippen LogP contribution < -0.4 is 5.73 Å². The maximum atomic E-state index is 6.39.